The molecule has 0 amide bonds. The Kier molecular flexibility index (Phi) is 5.42. The van der Waals surface area contributed by atoms with Crippen molar-refractivity contribution in [1.82, 2.24) is 0 Å². The summed E-state index contributed by atoms with van der Waals surface area (Å²) >= 11 is 3.41. The van der Waals surface area contributed by atoms with E-state index in [-0.39, 0.29) is 18.4 Å². The lowest BCUT2D eigenvalue weighted by atomic mass is 10.0. The van der Waals surface area contributed by atoms with Crippen LogP contribution in [0.15, 0.2) is 34.8 Å². The molecule has 3 rings (SSSR count). The molecule has 0 radical (unpaired) electrons. The Labute approximate surface area is 155 Å². The van der Waals surface area contributed by atoms with E-state index >= 15 is 0 Å². The molecular weight excluding hydrogens is 387 g/mol. The van der Waals surface area contributed by atoms with Gasteiger partial charge in [0, 0.05) is 18.1 Å². The molecule has 0 N–H and O–H groups in total. The summed E-state index contributed by atoms with van der Waals surface area (Å²) in [5.41, 5.74) is 2.56. The summed E-state index contributed by atoms with van der Waals surface area (Å²) in [5.74, 6) is 0.849. The lowest BCUT2D eigenvalue weighted by Crippen LogP contribution is -2.10. The van der Waals surface area contributed by atoms with Gasteiger partial charge in [-0.05, 0) is 64.9 Å². The molecule has 0 heterocycles. The van der Waals surface area contributed by atoms with Crippen LogP contribution in [0.4, 0.5) is 4.39 Å². The number of carbonyl (C=O) groups excluding carboxylic acids is 1. The third-order valence-electron chi connectivity index (χ3n) is 4.28. The van der Waals surface area contributed by atoms with Gasteiger partial charge in [-0.25, -0.2) is 4.39 Å². The fourth-order valence-corrected chi connectivity index (χ4v) is 3.27. The minimum Gasteiger partial charge on any atom is -0.487 e. The molecule has 0 unspecified atom stereocenters. The number of rotatable bonds is 6. The first-order valence-electron chi connectivity index (χ1n) is 8.40. The average Bonchev–Trinajstić information content (AvgIpc) is 3.42. The number of esters is 1. The minimum atomic E-state index is -0.314. The highest BCUT2D eigenvalue weighted by molar-refractivity contribution is 9.10. The van der Waals surface area contributed by atoms with Crippen LogP contribution in [0.2, 0.25) is 0 Å². The normalized spacial score (nSPS) is 13.6. The number of aryl methyl sites for hydroxylation is 1. The number of hydrogen-bond donors (Lipinski definition) is 0. The van der Waals surface area contributed by atoms with Crippen LogP contribution >= 0.6 is 15.9 Å². The van der Waals surface area contributed by atoms with Gasteiger partial charge < -0.3 is 9.47 Å². The Morgan fingerprint density at radius 1 is 1.28 bits per heavy atom. The van der Waals surface area contributed by atoms with E-state index in [1.807, 2.05) is 12.1 Å². The highest BCUT2D eigenvalue weighted by atomic mass is 79.9. The van der Waals surface area contributed by atoms with E-state index < -0.39 is 0 Å². The van der Waals surface area contributed by atoms with Gasteiger partial charge in [-0.15, -0.1) is 0 Å². The summed E-state index contributed by atoms with van der Waals surface area (Å²) in [6.45, 7) is 3.68. The molecule has 0 spiro atoms. The largest absolute Gasteiger partial charge is 0.487 e. The van der Waals surface area contributed by atoms with E-state index in [0.29, 0.717) is 33.9 Å². The van der Waals surface area contributed by atoms with Crippen LogP contribution in [-0.4, -0.2) is 5.97 Å². The predicted octanol–water partition coefficient (Wildman–Crippen LogP) is 5.67. The molecule has 0 bridgehead atoms. The molecule has 0 saturated heterocycles. The van der Waals surface area contributed by atoms with Gasteiger partial charge in [-0.1, -0.05) is 19.1 Å². The molecule has 5 heteroatoms. The molecular formula is C20H20BrFO3. The third-order valence-corrected chi connectivity index (χ3v) is 4.90. The van der Waals surface area contributed by atoms with Crippen LogP contribution in [0, 0.1) is 12.7 Å². The van der Waals surface area contributed by atoms with Crippen molar-refractivity contribution in [2.24, 2.45) is 0 Å². The lowest BCUT2D eigenvalue weighted by molar-refractivity contribution is -0.134. The van der Waals surface area contributed by atoms with E-state index in [4.69, 9.17) is 9.47 Å². The number of benzene rings is 2. The molecule has 1 aliphatic carbocycles. The van der Waals surface area contributed by atoms with Gasteiger partial charge in [-0.3, -0.25) is 4.79 Å². The van der Waals surface area contributed by atoms with Crippen molar-refractivity contribution in [1.29, 1.82) is 0 Å². The Hall–Kier alpha value is -1.88. The minimum absolute atomic E-state index is 0.222. The van der Waals surface area contributed by atoms with Crippen molar-refractivity contribution in [3.63, 3.8) is 0 Å². The standard InChI is InChI=1S/C20H20BrFO3/c1-3-20(23)25-18-6-4-5-14(13-7-8-13)15(18)11-24-19-10-17(22)12(2)9-16(19)21/h4-6,9-10,13H,3,7-8,11H2,1-2H3. The van der Waals surface area contributed by atoms with Crippen molar-refractivity contribution in [3.05, 3.63) is 57.3 Å². The second kappa shape index (κ2) is 7.56. The zero-order valence-corrected chi connectivity index (χ0v) is 15.9. The first kappa shape index (κ1) is 17.9. The smallest absolute Gasteiger partial charge is 0.310 e. The summed E-state index contributed by atoms with van der Waals surface area (Å²) in [6, 6.07) is 8.79. The summed E-state index contributed by atoms with van der Waals surface area (Å²) < 4.78 is 25.9. The average molecular weight is 407 g/mol. The molecule has 25 heavy (non-hydrogen) atoms. The molecule has 1 saturated carbocycles. The van der Waals surface area contributed by atoms with E-state index in [1.54, 1.807) is 26.0 Å². The molecule has 1 aliphatic rings. The topological polar surface area (TPSA) is 35.5 Å². The van der Waals surface area contributed by atoms with E-state index in [2.05, 4.69) is 15.9 Å². The Balaban J connectivity index is 1.88. The highest BCUT2D eigenvalue weighted by Crippen LogP contribution is 2.44. The molecule has 132 valence electrons. The van der Waals surface area contributed by atoms with Crippen molar-refractivity contribution < 1.29 is 18.7 Å². The number of carbonyl (C=O) groups is 1. The van der Waals surface area contributed by atoms with Gasteiger partial charge in [0.2, 0.25) is 0 Å². The van der Waals surface area contributed by atoms with Gasteiger partial charge in [0.25, 0.3) is 0 Å². The third kappa shape index (κ3) is 4.21. The number of ether oxygens (including phenoxy) is 2. The fourth-order valence-electron chi connectivity index (χ4n) is 2.69. The molecule has 0 aliphatic heterocycles. The zero-order valence-electron chi connectivity index (χ0n) is 14.3. The van der Waals surface area contributed by atoms with Crippen molar-refractivity contribution in [3.8, 4) is 11.5 Å². The summed E-state index contributed by atoms with van der Waals surface area (Å²) in [7, 11) is 0. The first-order valence-corrected chi connectivity index (χ1v) is 9.19. The molecule has 2 aromatic rings. The molecule has 1 fully saturated rings. The monoisotopic (exact) mass is 406 g/mol. The number of halogens is 2. The number of hydrogen-bond acceptors (Lipinski definition) is 3. The van der Waals surface area contributed by atoms with Gasteiger partial charge in [0.05, 0.1) is 4.47 Å². The quantitative estimate of drug-likeness (QED) is 0.457. The van der Waals surface area contributed by atoms with Crippen LogP contribution in [-0.2, 0) is 11.4 Å². The molecule has 3 nitrogen and oxygen atoms in total. The van der Waals surface area contributed by atoms with Gasteiger partial charge in [0.1, 0.15) is 23.9 Å². The summed E-state index contributed by atoms with van der Waals surface area (Å²) in [4.78, 5) is 11.7. The maximum Gasteiger partial charge on any atom is 0.310 e. The maximum atomic E-state index is 13.8. The fraction of sp³-hybridized carbons (Fsp3) is 0.350. The first-order chi connectivity index (χ1) is 12.0. The SMILES string of the molecule is CCC(=O)Oc1cccc(C2CC2)c1COc1cc(F)c(C)cc1Br. The van der Waals surface area contributed by atoms with Crippen LogP contribution in [0.25, 0.3) is 0 Å². The Morgan fingerprint density at radius 2 is 2.04 bits per heavy atom. The van der Waals surface area contributed by atoms with Crippen molar-refractivity contribution >= 4 is 21.9 Å². The summed E-state index contributed by atoms with van der Waals surface area (Å²) in [5, 5.41) is 0. The van der Waals surface area contributed by atoms with Gasteiger partial charge in [0.15, 0.2) is 0 Å². The maximum absolute atomic E-state index is 13.8. The second-order valence-electron chi connectivity index (χ2n) is 6.25. The molecule has 2 aromatic carbocycles. The van der Waals surface area contributed by atoms with E-state index in [1.165, 1.54) is 6.07 Å². The second-order valence-corrected chi connectivity index (χ2v) is 7.10. The van der Waals surface area contributed by atoms with Crippen LogP contribution in [0.3, 0.4) is 0 Å². The van der Waals surface area contributed by atoms with E-state index in [0.717, 1.165) is 24.0 Å². The lowest BCUT2D eigenvalue weighted by Gasteiger charge is -2.16. The van der Waals surface area contributed by atoms with Crippen LogP contribution in [0.5, 0.6) is 11.5 Å². The summed E-state index contributed by atoms with van der Waals surface area (Å²) in [6.07, 6.45) is 2.56. The predicted molar refractivity (Wildman–Crippen MR) is 97.5 cm³/mol. The zero-order chi connectivity index (χ0) is 18.0. The Morgan fingerprint density at radius 3 is 2.72 bits per heavy atom. The van der Waals surface area contributed by atoms with E-state index in [9.17, 15) is 9.18 Å². The van der Waals surface area contributed by atoms with Crippen molar-refractivity contribution in [2.75, 3.05) is 0 Å². The van der Waals surface area contributed by atoms with Gasteiger partial charge in [-0.2, -0.15) is 0 Å². The van der Waals surface area contributed by atoms with Gasteiger partial charge >= 0.3 is 5.97 Å². The molecule has 0 aromatic heterocycles. The molecule has 0 atom stereocenters. The highest BCUT2D eigenvalue weighted by Gasteiger charge is 2.28. The van der Waals surface area contributed by atoms with Crippen LogP contribution in [0.1, 0.15) is 48.8 Å². The Bertz CT molecular complexity index is 800. The van der Waals surface area contributed by atoms with Crippen molar-refractivity contribution in [2.45, 2.75) is 45.6 Å². The van der Waals surface area contributed by atoms with Crippen LogP contribution < -0.4 is 9.47 Å².